The van der Waals surface area contributed by atoms with E-state index in [0.717, 1.165) is 16.6 Å². The number of carbonyl (C=O) groups excluding carboxylic acids is 1. The summed E-state index contributed by atoms with van der Waals surface area (Å²) in [6, 6.07) is 27.5. The minimum atomic E-state index is -3.77. The van der Waals surface area contributed by atoms with Crippen molar-refractivity contribution in [1.29, 1.82) is 0 Å². The molecule has 0 aliphatic carbocycles. The molecule has 35 heavy (non-hydrogen) atoms. The van der Waals surface area contributed by atoms with Crippen molar-refractivity contribution in [3.63, 3.8) is 0 Å². The van der Waals surface area contributed by atoms with Crippen molar-refractivity contribution in [2.24, 2.45) is 0 Å². The monoisotopic (exact) mass is 483 g/mol. The molecule has 0 aliphatic heterocycles. The number of nitrogens with one attached hydrogen (secondary N) is 2. The summed E-state index contributed by atoms with van der Waals surface area (Å²) in [7, 11) is -3.77. The summed E-state index contributed by atoms with van der Waals surface area (Å²) in [4.78, 5) is 17.4. The highest BCUT2D eigenvalue weighted by Gasteiger charge is 2.15. The third-order valence-electron chi connectivity index (χ3n) is 5.39. The number of benzene rings is 4. The fourth-order valence-electron chi connectivity index (χ4n) is 3.55. The first-order chi connectivity index (χ1) is 16.9. The van der Waals surface area contributed by atoms with E-state index in [2.05, 4.69) is 15.0 Å². The highest BCUT2D eigenvalue weighted by Crippen LogP contribution is 2.25. The average molecular weight is 484 g/mol. The number of nitrogens with zero attached hydrogens (tertiary/aromatic N) is 1. The van der Waals surface area contributed by atoms with Gasteiger partial charge in [0.25, 0.3) is 15.9 Å². The Balaban J connectivity index is 1.29. The maximum Gasteiger partial charge on any atom is 0.261 e. The Morgan fingerprint density at radius 2 is 1.57 bits per heavy atom. The summed E-state index contributed by atoms with van der Waals surface area (Å²) in [5.74, 6) is 0.133. The molecule has 8 heteroatoms. The van der Waals surface area contributed by atoms with Gasteiger partial charge < -0.3 is 9.73 Å². The zero-order valence-corrected chi connectivity index (χ0v) is 19.5. The van der Waals surface area contributed by atoms with Gasteiger partial charge in [-0.05, 0) is 73.7 Å². The number of amides is 1. The molecule has 0 atom stereocenters. The van der Waals surface area contributed by atoms with Crippen molar-refractivity contribution in [1.82, 2.24) is 4.98 Å². The molecule has 5 rings (SSSR count). The topological polar surface area (TPSA) is 101 Å². The van der Waals surface area contributed by atoms with Gasteiger partial charge in [-0.1, -0.05) is 35.9 Å². The molecule has 0 spiro atoms. The van der Waals surface area contributed by atoms with Gasteiger partial charge in [0.05, 0.1) is 4.90 Å². The van der Waals surface area contributed by atoms with E-state index in [-0.39, 0.29) is 10.8 Å². The zero-order chi connectivity index (χ0) is 24.4. The largest absolute Gasteiger partial charge is 0.436 e. The number of fused-ring (bicyclic) bond motifs is 1. The molecule has 0 unspecified atom stereocenters. The molecule has 0 bridgehead atoms. The van der Waals surface area contributed by atoms with Crippen LogP contribution in [-0.4, -0.2) is 19.3 Å². The Morgan fingerprint density at radius 3 is 2.31 bits per heavy atom. The smallest absolute Gasteiger partial charge is 0.261 e. The number of sulfonamides is 1. The van der Waals surface area contributed by atoms with E-state index in [1.807, 2.05) is 43.3 Å². The van der Waals surface area contributed by atoms with Crippen LogP contribution in [0.4, 0.5) is 11.4 Å². The minimum absolute atomic E-state index is 0.150. The fraction of sp³-hybridized carbons (Fsp3) is 0.0370. The molecule has 0 aliphatic rings. The van der Waals surface area contributed by atoms with Crippen molar-refractivity contribution in [2.75, 3.05) is 10.0 Å². The van der Waals surface area contributed by atoms with Crippen LogP contribution in [0.1, 0.15) is 15.9 Å². The highest BCUT2D eigenvalue weighted by molar-refractivity contribution is 7.92. The van der Waals surface area contributed by atoms with E-state index < -0.39 is 10.0 Å². The van der Waals surface area contributed by atoms with Gasteiger partial charge in [0.2, 0.25) is 5.89 Å². The lowest BCUT2D eigenvalue weighted by atomic mass is 10.1. The van der Waals surface area contributed by atoms with Gasteiger partial charge in [-0.3, -0.25) is 9.52 Å². The van der Waals surface area contributed by atoms with Crippen molar-refractivity contribution < 1.29 is 17.6 Å². The number of anilines is 2. The second kappa shape index (κ2) is 9.08. The first-order valence-corrected chi connectivity index (χ1v) is 12.3. The van der Waals surface area contributed by atoms with E-state index in [0.29, 0.717) is 28.4 Å². The average Bonchev–Trinajstić information content (AvgIpc) is 3.29. The molecule has 0 saturated carbocycles. The third kappa shape index (κ3) is 4.92. The molecule has 1 aromatic heterocycles. The number of carbonyl (C=O) groups is 1. The van der Waals surface area contributed by atoms with Crippen LogP contribution in [0, 0.1) is 6.92 Å². The molecule has 174 valence electrons. The van der Waals surface area contributed by atoms with Gasteiger partial charge in [0.15, 0.2) is 5.58 Å². The van der Waals surface area contributed by atoms with Gasteiger partial charge in [-0.2, -0.15) is 0 Å². The SMILES string of the molecule is Cc1ccc(S(=O)(=O)Nc2cccc(C(=O)Nc3ccc(-c4nc5ccccc5o4)cc3)c2)cc1. The Bertz CT molecular complexity index is 1590. The molecule has 0 radical (unpaired) electrons. The number of oxazole rings is 1. The first-order valence-electron chi connectivity index (χ1n) is 10.8. The molecule has 0 saturated heterocycles. The third-order valence-corrected chi connectivity index (χ3v) is 6.79. The Kier molecular flexibility index (Phi) is 5.80. The maximum atomic E-state index is 12.8. The molecule has 1 amide bonds. The van der Waals surface area contributed by atoms with E-state index in [4.69, 9.17) is 4.42 Å². The van der Waals surface area contributed by atoms with Gasteiger partial charge in [-0.25, -0.2) is 13.4 Å². The van der Waals surface area contributed by atoms with Crippen LogP contribution in [-0.2, 0) is 10.0 Å². The van der Waals surface area contributed by atoms with Gasteiger partial charge in [0.1, 0.15) is 5.52 Å². The predicted octanol–water partition coefficient (Wildman–Crippen LogP) is 5.86. The summed E-state index contributed by atoms with van der Waals surface area (Å²) in [5, 5.41) is 2.82. The summed E-state index contributed by atoms with van der Waals surface area (Å²) < 4.78 is 33.6. The van der Waals surface area contributed by atoms with Crippen LogP contribution >= 0.6 is 0 Å². The maximum absolute atomic E-state index is 12.8. The molecule has 7 nitrogen and oxygen atoms in total. The lowest BCUT2D eigenvalue weighted by Crippen LogP contribution is -2.15. The number of rotatable bonds is 6. The molecular weight excluding hydrogens is 462 g/mol. The molecule has 2 N–H and O–H groups in total. The quantitative estimate of drug-likeness (QED) is 0.315. The molecular formula is C27H21N3O4S. The first kappa shape index (κ1) is 22.4. The van der Waals surface area contributed by atoms with Crippen LogP contribution < -0.4 is 10.0 Å². The van der Waals surface area contributed by atoms with Crippen LogP contribution in [0.2, 0.25) is 0 Å². The Labute approximate surface area is 202 Å². The highest BCUT2D eigenvalue weighted by atomic mass is 32.2. The van der Waals surface area contributed by atoms with Crippen LogP contribution in [0.5, 0.6) is 0 Å². The van der Waals surface area contributed by atoms with Crippen molar-refractivity contribution in [2.45, 2.75) is 11.8 Å². The van der Waals surface area contributed by atoms with E-state index in [1.54, 1.807) is 54.6 Å². The molecule has 5 aromatic rings. The lowest BCUT2D eigenvalue weighted by Gasteiger charge is -2.10. The van der Waals surface area contributed by atoms with Gasteiger partial charge >= 0.3 is 0 Å². The van der Waals surface area contributed by atoms with E-state index in [9.17, 15) is 13.2 Å². The van der Waals surface area contributed by atoms with Gasteiger partial charge in [0, 0.05) is 22.5 Å². The van der Waals surface area contributed by atoms with Crippen molar-refractivity contribution in [3.8, 4) is 11.5 Å². The second-order valence-corrected chi connectivity index (χ2v) is 9.70. The molecule has 1 heterocycles. The lowest BCUT2D eigenvalue weighted by molar-refractivity contribution is 0.102. The molecule has 0 fully saturated rings. The molecule has 4 aromatic carbocycles. The minimum Gasteiger partial charge on any atom is -0.436 e. The summed E-state index contributed by atoms with van der Waals surface area (Å²) in [6.07, 6.45) is 0. The van der Waals surface area contributed by atoms with Crippen molar-refractivity contribution >= 4 is 38.4 Å². The fourth-order valence-corrected chi connectivity index (χ4v) is 4.60. The summed E-state index contributed by atoms with van der Waals surface area (Å²) in [6.45, 7) is 1.88. The standard InChI is InChI=1S/C27H21N3O4S/c1-18-9-15-23(16-10-18)35(32,33)30-22-6-4-5-20(17-22)26(31)28-21-13-11-19(12-14-21)27-29-24-7-2-3-8-25(24)34-27/h2-17,30H,1H3,(H,28,31). The summed E-state index contributed by atoms with van der Waals surface area (Å²) >= 11 is 0. The van der Waals surface area contributed by atoms with Crippen molar-refractivity contribution in [3.05, 3.63) is 108 Å². The Morgan fingerprint density at radius 1 is 0.829 bits per heavy atom. The second-order valence-electron chi connectivity index (χ2n) is 8.02. The van der Waals surface area contributed by atoms with Crippen LogP contribution in [0.15, 0.2) is 106 Å². The van der Waals surface area contributed by atoms with Gasteiger partial charge in [-0.15, -0.1) is 0 Å². The Hall–Kier alpha value is -4.43. The van der Waals surface area contributed by atoms with E-state index in [1.165, 1.54) is 6.07 Å². The summed E-state index contributed by atoms with van der Waals surface area (Å²) in [5.41, 5.74) is 4.42. The zero-order valence-electron chi connectivity index (χ0n) is 18.7. The number of aromatic nitrogens is 1. The number of para-hydroxylation sites is 2. The van der Waals surface area contributed by atoms with Crippen LogP contribution in [0.3, 0.4) is 0 Å². The predicted molar refractivity (Wildman–Crippen MR) is 136 cm³/mol. The van der Waals surface area contributed by atoms with Crippen LogP contribution in [0.25, 0.3) is 22.6 Å². The number of aryl methyl sites for hydroxylation is 1. The van der Waals surface area contributed by atoms with E-state index >= 15 is 0 Å². The number of hydrogen-bond donors (Lipinski definition) is 2. The number of hydrogen-bond acceptors (Lipinski definition) is 5. The normalized spacial score (nSPS) is 11.3.